The van der Waals surface area contributed by atoms with Gasteiger partial charge in [0, 0.05) is 52.2 Å². The minimum Gasteiger partial charge on any atom is -0.378 e. The fourth-order valence-electron chi connectivity index (χ4n) is 3.65. The molecular weight excluding hydrogens is 306 g/mol. The number of aromatic nitrogens is 2. The Labute approximate surface area is 144 Å². The average Bonchev–Trinajstić information content (AvgIpc) is 3.25. The molecule has 2 amide bonds. The summed E-state index contributed by atoms with van der Waals surface area (Å²) >= 11 is 0. The number of piperazine rings is 1. The monoisotopic (exact) mass is 335 g/mol. The van der Waals surface area contributed by atoms with Gasteiger partial charge in [-0.05, 0) is 25.8 Å². The van der Waals surface area contributed by atoms with E-state index in [2.05, 4.69) is 22.1 Å². The van der Waals surface area contributed by atoms with Crippen molar-refractivity contribution in [2.24, 2.45) is 7.05 Å². The molecule has 2 atom stereocenters. The molecule has 0 saturated carbocycles. The first-order valence-electron chi connectivity index (χ1n) is 9.04. The smallest absolute Gasteiger partial charge is 0.317 e. The first-order chi connectivity index (χ1) is 11.7. The molecule has 2 aliphatic rings. The summed E-state index contributed by atoms with van der Waals surface area (Å²) < 4.78 is 7.65. The highest BCUT2D eigenvalue weighted by Crippen LogP contribution is 2.23. The second-order valence-electron chi connectivity index (χ2n) is 6.64. The van der Waals surface area contributed by atoms with Crippen molar-refractivity contribution in [3.63, 3.8) is 0 Å². The van der Waals surface area contributed by atoms with Crippen LogP contribution in [0.4, 0.5) is 4.79 Å². The second kappa shape index (κ2) is 7.98. The van der Waals surface area contributed by atoms with Crippen molar-refractivity contribution in [3.8, 4) is 0 Å². The number of ether oxygens (including phenoxy) is 1. The van der Waals surface area contributed by atoms with E-state index < -0.39 is 0 Å². The van der Waals surface area contributed by atoms with Crippen molar-refractivity contribution in [1.29, 1.82) is 0 Å². The van der Waals surface area contributed by atoms with Crippen LogP contribution in [0, 0.1) is 0 Å². The Kier molecular flexibility index (Phi) is 5.73. The van der Waals surface area contributed by atoms with Crippen LogP contribution in [0.15, 0.2) is 12.4 Å². The van der Waals surface area contributed by atoms with E-state index in [-0.39, 0.29) is 12.1 Å². The molecule has 0 unspecified atom stereocenters. The molecule has 0 aromatic carbocycles. The molecule has 3 rings (SSSR count). The predicted octanol–water partition coefficient (Wildman–Crippen LogP) is 1.38. The molecule has 134 valence electrons. The molecule has 2 fully saturated rings. The summed E-state index contributed by atoms with van der Waals surface area (Å²) in [6, 6.07) is 0.190. The minimum atomic E-state index is 0.0305. The fraction of sp³-hybridized carbons (Fsp3) is 0.765. The van der Waals surface area contributed by atoms with Crippen molar-refractivity contribution in [1.82, 2.24) is 24.7 Å². The third-order valence-electron chi connectivity index (χ3n) is 5.11. The Morgan fingerprint density at radius 1 is 1.46 bits per heavy atom. The number of nitrogens with one attached hydrogen (secondary N) is 1. The van der Waals surface area contributed by atoms with Gasteiger partial charge in [0.1, 0.15) is 5.82 Å². The summed E-state index contributed by atoms with van der Waals surface area (Å²) in [5.41, 5.74) is 0. The molecule has 1 N–H and O–H groups in total. The summed E-state index contributed by atoms with van der Waals surface area (Å²) in [5, 5.41) is 3.05. The molecule has 7 nitrogen and oxygen atoms in total. The summed E-state index contributed by atoms with van der Waals surface area (Å²) in [7, 11) is 2.01. The molecule has 0 spiro atoms. The summed E-state index contributed by atoms with van der Waals surface area (Å²) in [4.78, 5) is 21.3. The number of rotatable bonds is 5. The highest BCUT2D eigenvalue weighted by Gasteiger charge is 2.31. The van der Waals surface area contributed by atoms with E-state index in [1.165, 1.54) is 0 Å². The van der Waals surface area contributed by atoms with Gasteiger partial charge < -0.3 is 19.5 Å². The van der Waals surface area contributed by atoms with Gasteiger partial charge in [0.2, 0.25) is 0 Å². The van der Waals surface area contributed by atoms with Gasteiger partial charge in [0.15, 0.2) is 0 Å². The number of amides is 2. The zero-order valence-corrected chi connectivity index (χ0v) is 14.8. The summed E-state index contributed by atoms with van der Waals surface area (Å²) in [6.45, 7) is 7.00. The Hall–Kier alpha value is -1.60. The standard InChI is InChI=1S/C17H29N5O2/c1-3-21-10-11-22(13-15(21)16-18-8-9-20(16)2)17(23)19-7-6-14-5-4-12-24-14/h8-9,14-15H,3-7,10-13H2,1-2H3,(H,19,23)/t14-,15+/m0/s1. The van der Waals surface area contributed by atoms with Crippen LogP contribution in [-0.4, -0.2) is 70.8 Å². The maximum Gasteiger partial charge on any atom is 0.317 e. The van der Waals surface area contributed by atoms with Crippen LogP contribution >= 0.6 is 0 Å². The number of imidazole rings is 1. The van der Waals surface area contributed by atoms with Crippen LogP contribution in [0.1, 0.15) is 38.1 Å². The van der Waals surface area contributed by atoms with E-state index in [1.54, 1.807) is 0 Å². The second-order valence-corrected chi connectivity index (χ2v) is 6.64. The third-order valence-corrected chi connectivity index (χ3v) is 5.11. The predicted molar refractivity (Wildman–Crippen MR) is 91.8 cm³/mol. The van der Waals surface area contributed by atoms with E-state index in [0.29, 0.717) is 19.2 Å². The van der Waals surface area contributed by atoms with E-state index >= 15 is 0 Å². The van der Waals surface area contributed by atoms with Gasteiger partial charge in [-0.15, -0.1) is 0 Å². The van der Waals surface area contributed by atoms with Crippen LogP contribution in [0.2, 0.25) is 0 Å². The SMILES string of the molecule is CCN1CCN(C(=O)NCC[C@@H]2CCCO2)C[C@@H]1c1nccn1C. The zero-order chi connectivity index (χ0) is 16.9. The van der Waals surface area contributed by atoms with Gasteiger partial charge in [-0.25, -0.2) is 9.78 Å². The number of hydrogen-bond donors (Lipinski definition) is 1. The quantitative estimate of drug-likeness (QED) is 0.883. The molecule has 7 heteroatoms. The Balaban J connectivity index is 1.54. The lowest BCUT2D eigenvalue weighted by atomic mass is 10.1. The van der Waals surface area contributed by atoms with Crippen molar-refractivity contribution in [2.45, 2.75) is 38.3 Å². The minimum absolute atomic E-state index is 0.0305. The number of aryl methyl sites for hydroxylation is 1. The molecule has 1 aromatic heterocycles. The highest BCUT2D eigenvalue weighted by molar-refractivity contribution is 5.74. The number of urea groups is 1. The number of hydrogen-bond acceptors (Lipinski definition) is 4. The third kappa shape index (κ3) is 3.89. The lowest BCUT2D eigenvalue weighted by molar-refractivity contribution is 0.0854. The van der Waals surface area contributed by atoms with E-state index in [1.807, 2.05) is 28.9 Å². The van der Waals surface area contributed by atoms with Crippen LogP contribution in [0.25, 0.3) is 0 Å². The van der Waals surface area contributed by atoms with Gasteiger partial charge in [-0.2, -0.15) is 0 Å². The number of carbonyl (C=O) groups is 1. The van der Waals surface area contributed by atoms with Gasteiger partial charge in [-0.1, -0.05) is 6.92 Å². The molecular formula is C17H29N5O2. The van der Waals surface area contributed by atoms with Crippen LogP contribution < -0.4 is 5.32 Å². The molecule has 2 aliphatic heterocycles. The Morgan fingerprint density at radius 3 is 3.00 bits per heavy atom. The normalized spacial score (nSPS) is 25.2. The van der Waals surface area contributed by atoms with E-state index in [4.69, 9.17) is 4.74 Å². The zero-order valence-electron chi connectivity index (χ0n) is 14.8. The molecule has 0 radical (unpaired) electrons. The van der Waals surface area contributed by atoms with E-state index in [0.717, 1.165) is 51.3 Å². The first-order valence-corrected chi connectivity index (χ1v) is 9.04. The van der Waals surface area contributed by atoms with Crippen LogP contribution in [0.5, 0.6) is 0 Å². The molecule has 24 heavy (non-hydrogen) atoms. The Morgan fingerprint density at radius 2 is 2.33 bits per heavy atom. The average molecular weight is 335 g/mol. The van der Waals surface area contributed by atoms with Crippen molar-refractivity contribution >= 4 is 6.03 Å². The Bertz CT molecular complexity index is 541. The largest absolute Gasteiger partial charge is 0.378 e. The fourth-order valence-corrected chi connectivity index (χ4v) is 3.65. The highest BCUT2D eigenvalue weighted by atomic mass is 16.5. The maximum atomic E-state index is 12.5. The molecule has 1 aromatic rings. The van der Waals surface area contributed by atoms with Gasteiger partial charge in [-0.3, -0.25) is 4.90 Å². The molecule has 2 saturated heterocycles. The maximum absolute atomic E-state index is 12.5. The lowest BCUT2D eigenvalue weighted by Crippen LogP contribution is -2.53. The van der Waals surface area contributed by atoms with Gasteiger partial charge in [0.25, 0.3) is 0 Å². The number of nitrogens with zero attached hydrogens (tertiary/aromatic N) is 4. The number of carbonyl (C=O) groups excluding carboxylic acids is 1. The lowest BCUT2D eigenvalue weighted by Gasteiger charge is -2.40. The molecule has 3 heterocycles. The molecule has 0 aliphatic carbocycles. The van der Waals surface area contributed by atoms with Crippen LogP contribution in [-0.2, 0) is 11.8 Å². The van der Waals surface area contributed by atoms with Crippen molar-refractivity contribution in [2.75, 3.05) is 39.3 Å². The summed E-state index contributed by atoms with van der Waals surface area (Å²) in [6.07, 6.45) is 7.27. The number of likely N-dealkylation sites (N-methyl/N-ethyl adjacent to an activating group) is 1. The van der Waals surface area contributed by atoms with Crippen molar-refractivity contribution in [3.05, 3.63) is 18.2 Å². The summed E-state index contributed by atoms with van der Waals surface area (Å²) in [5.74, 6) is 1.02. The van der Waals surface area contributed by atoms with Gasteiger partial charge in [0.05, 0.1) is 12.1 Å². The topological polar surface area (TPSA) is 62.6 Å². The molecule has 0 bridgehead atoms. The van der Waals surface area contributed by atoms with Gasteiger partial charge >= 0.3 is 6.03 Å². The first kappa shape index (κ1) is 17.2. The van der Waals surface area contributed by atoms with Crippen molar-refractivity contribution < 1.29 is 9.53 Å². The van der Waals surface area contributed by atoms with Crippen LogP contribution in [0.3, 0.4) is 0 Å². The van der Waals surface area contributed by atoms with E-state index in [9.17, 15) is 4.79 Å².